The Morgan fingerprint density at radius 1 is 1.32 bits per heavy atom. The average molecular weight is 321 g/mol. The van der Waals surface area contributed by atoms with Gasteiger partial charge in [-0.25, -0.2) is 4.98 Å². The van der Waals surface area contributed by atoms with E-state index in [0.29, 0.717) is 0 Å². The zero-order valence-corrected chi connectivity index (χ0v) is 12.6. The Balaban J connectivity index is 2.23. The molecule has 1 heterocycles. The second kappa shape index (κ2) is 6.17. The van der Waals surface area contributed by atoms with Gasteiger partial charge in [-0.2, -0.15) is 0 Å². The van der Waals surface area contributed by atoms with Gasteiger partial charge in [0.1, 0.15) is 5.82 Å². The number of halogens is 1. The van der Waals surface area contributed by atoms with E-state index >= 15 is 0 Å². The van der Waals surface area contributed by atoms with E-state index in [9.17, 15) is 5.11 Å². The SMILES string of the molecule is C[C@H](O)c1cccnc1N(C)Cc1cccc(Br)c1. The maximum Gasteiger partial charge on any atom is 0.134 e. The highest BCUT2D eigenvalue weighted by Crippen LogP contribution is 2.24. The lowest BCUT2D eigenvalue weighted by Crippen LogP contribution is -2.20. The smallest absolute Gasteiger partial charge is 0.134 e. The molecule has 0 unspecified atom stereocenters. The quantitative estimate of drug-likeness (QED) is 0.936. The van der Waals surface area contributed by atoms with Crippen molar-refractivity contribution in [2.75, 3.05) is 11.9 Å². The molecule has 0 radical (unpaired) electrons. The van der Waals surface area contributed by atoms with Crippen molar-refractivity contribution >= 4 is 21.7 Å². The Hall–Kier alpha value is -1.39. The normalized spacial score (nSPS) is 12.2. The summed E-state index contributed by atoms with van der Waals surface area (Å²) in [6.45, 7) is 2.50. The molecular weight excluding hydrogens is 304 g/mol. The Morgan fingerprint density at radius 3 is 2.79 bits per heavy atom. The molecule has 0 aliphatic heterocycles. The number of aliphatic hydroxyl groups is 1. The molecule has 2 aromatic rings. The number of hydrogen-bond acceptors (Lipinski definition) is 3. The van der Waals surface area contributed by atoms with Gasteiger partial charge in [0.25, 0.3) is 0 Å². The third kappa shape index (κ3) is 3.55. The second-order valence-electron chi connectivity index (χ2n) is 4.58. The molecule has 0 aliphatic rings. The Bertz CT molecular complexity index is 557. The summed E-state index contributed by atoms with van der Waals surface area (Å²) in [5, 5.41) is 9.79. The van der Waals surface area contributed by atoms with Crippen LogP contribution in [0.3, 0.4) is 0 Å². The lowest BCUT2D eigenvalue weighted by atomic mass is 10.1. The highest BCUT2D eigenvalue weighted by Gasteiger charge is 2.12. The van der Waals surface area contributed by atoms with E-state index in [1.165, 1.54) is 5.56 Å². The number of anilines is 1. The monoisotopic (exact) mass is 320 g/mol. The minimum absolute atomic E-state index is 0.520. The van der Waals surface area contributed by atoms with E-state index < -0.39 is 6.10 Å². The Labute approximate surface area is 122 Å². The zero-order valence-electron chi connectivity index (χ0n) is 11.0. The van der Waals surface area contributed by atoms with Crippen LogP contribution in [0.15, 0.2) is 47.1 Å². The van der Waals surface area contributed by atoms with Gasteiger partial charge in [0.15, 0.2) is 0 Å². The van der Waals surface area contributed by atoms with Crippen LogP contribution < -0.4 is 4.90 Å². The third-order valence-corrected chi connectivity index (χ3v) is 3.43. The van der Waals surface area contributed by atoms with E-state index in [2.05, 4.69) is 33.0 Å². The average Bonchev–Trinajstić information content (AvgIpc) is 2.38. The van der Waals surface area contributed by atoms with Crippen molar-refractivity contribution in [3.05, 3.63) is 58.2 Å². The highest BCUT2D eigenvalue weighted by molar-refractivity contribution is 9.10. The van der Waals surface area contributed by atoms with Crippen LogP contribution in [-0.4, -0.2) is 17.1 Å². The summed E-state index contributed by atoms with van der Waals surface area (Å²) < 4.78 is 1.06. The van der Waals surface area contributed by atoms with Crippen LogP contribution in [0.4, 0.5) is 5.82 Å². The van der Waals surface area contributed by atoms with Crippen molar-refractivity contribution in [3.8, 4) is 0 Å². The van der Waals surface area contributed by atoms with Gasteiger partial charge in [0.05, 0.1) is 6.10 Å². The number of hydrogen-bond donors (Lipinski definition) is 1. The highest BCUT2D eigenvalue weighted by atomic mass is 79.9. The van der Waals surface area contributed by atoms with Crippen molar-refractivity contribution in [2.24, 2.45) is 0 Å². The van der Waals surface area contributed by atoms with E-state index in [1.807, 2.05) is 36.2 Å². The molecule has 0 saturated heterocycles. The predicted octanol–water partition coefficient (Wildman–Crippen LogP) is 3.53. The second-order valence-corrected chi connectivity index (χ2v) is 5.49. The molecule has 0 saturated carbocycles. The maximum absolute atomic E-state index is 9.79. The first kappa shape index (κ1) is 14.0. The molecule has 1 aromatic heterocycles. The lowest BCUT2D eigenvalue weighted by molar-refractivity contribution is 0.199. The van der Waals surface area contributed by atoms with Crippen LogP contribution in [0.25, 0.3) is 0 Å². The van der Waals surface area contributed by atoms with Gasteiger partial charge >= 0.3 is 0 Å². The lowest BCUT2D eigenvalue weighted by Gasteiger charge is -2.22. The molecule has 19 heavy (non-hydrogen) atoms. The van der Waals surface area contributed by atoms with Crippen molar-refractivity contribution in [1.82, 2.24) is 4.98 Å². The molecule has 1 aromatic carbocycles. The molecule has 0 bridgehead atoms. The Morgan fingerprint density at radius 2 is 2.11 bits per heavy atom. The topological polar surface area (TPSA) is 36.4 Å². The molecule has 1 N–H and O–H groups in total. The summed E-state index contributed by atoms with van der Waals surface area (Å²) in [7, 11) is 1.98. The molecule has 0 aliphatic carbocycles. The summed E-state index contributed by atoms with van der Waals surface area (Å²) in [5.74, 6) is 0.817. The standard InChI is InChI=1S/C15H17BrN2O/c1-11(19)14-7-4-8-17-15(14)18(2)10-12-5-3-6-13(16)9-12/h3-9,11,19H,10H2,1-2H3/t11-/m0/s1. The largest absolute Gasteiger partial charge is 0.389 e. The molecule has 4 heteroatoms. The number of aromatic nitrogens is 1. The van der Waals surface area contributed by atoms with Gasteiger partial charge in [-0.05, 0) is 30.7 Å². The first-order chi connectivity index (χ1) is 9.08. The van der Waals surface area contributed by atoms with Crippen LogP contribution in [0.5, 0.6) is 0 Å². The fourth-order valence-corrected chi connectivity index (χ4v) is 2.49. The van der Waals surface area contributed by atoms with Crippen LogP contribution in [0.2, 0.25) is 0 Å². The van der Waals surface area contributed by atoms with Gasteiger partial charge in [-0.1, -0.05) is 34.1 Å². The number of nitrogens with zero attached hydrogens (tertiary/aromatic N) is 2. The van der Waals surface area contributed by atoms with Crippen molar-refractivity contribution < 1.29 is 5.11 Å². The van der Waals surface area contributed by atoms with Gasteiger partial charge < -0.3 is 10.0 Å². The van der Waals surface area contributed by atoms with E-state index in [0.717, 1.165) is 22.4 Å². The molecule has 0 spiro atoms. The predicted molar refractivity (Wildman–Crippen MR) is 81.1 cm³/mol. The number of aliphatic hydroxyl groups excluding tert-OH is 1. The van der Waals surface area contributed by atoms with Crippen LogP contribution in [0, 0.1) is 0 Å². The third-order valence-electron chi connectivity index (χ3n) is 2.94. The van der Waals surface area contributed by atoms with Crippen LogP contribution in [0.1, 0.15) is 24.2 Å². The number of pyridine rings is 1. The summed E-state index contributed by atoms with van der Waals surface area (Å²) in [5.41, 5.74) is 2.04. The number of rotatable bonds is 4. The maximum atomic E-state index is 9.79. The Kier molecular flexibility index (Phi) is 4.56. The van der Waals surface area contributed by atoms with Crippen molar-refractivity contribution in [1.29, 1.82) is 0 Å². The summed E-state index contributed by atoms with van der Waals surface area (Å²) in [6, 6.07) is 11.9. The minimum atomic E-state index is -0.520. The fraction of sp³-hybridized carbons (Fsp3) is 0.267. The molecule has 0 amide bonds. The van der Waals surface area contributed by atoms with E-state index in [1.54, 1.807) is 13.1 Å². The van der Waals surface area contributed by atoms with Gasteiger partial charge in [0, 0.05) is 29.8 Å². The fourth-order valence-electron chi connectivity index (χ4n) is 2.04. The van der Waals surface area contributed by atoms with Gasteiger partial charge in [0.2, 0.25) is 0 Å². The molecule has 1 atom stereocenters. The molecule has 2 rings (SSSR count). The van der Waals surface area contributed by atoms with E-state index in [4.69, 9.17) is 0 Å². The van der Waals surface area contributed by atoms with Gasteiger partial charge in [-0.3, -0.25) is 0 Å². The van der Waals surface area contributed by atoms with Crippen LogP contribution >= 0.6 is 15.9 Å². The molecular formula is C15H17BrN2O. The van der Waals surface area contributed by atoms with Gasteiger partial charge in [-0.15, -0.1) is 0 Å². The van der Waals surface area contributed by atoms with Crippen LogP contribution in [-0.2, 0) is 6.54 Å². The van der Waals surface area contributed by atoms with Crippen molar-refractivity contribution in [2.45, 2.75) is 19.6 Å². The molecule has 100 valence electrons. The first-order valence-corrected chi connectivity index (χ1v) is 6.96. The summed E-state index contributed by atoms with van der Waals surface area (Å²) in [6.07, 6.45) is 1.23. The first-order valence-electron chi connectivity index (χ1n) is 6.16. The number of benzene rings is 1. The molecule has 0 fully saturated rings. The summed E-state index contributed by atoms with van der Waals surface area (Å²) >= 11 is 3.47. The van der Waals surface area contributed by atoms with E-state index in [-0.39, 0.29) is 0 Å². The summed E-state index contributed by atoms with van der Waals surface area (Å²) in [4.78, 5) is 6.42. The minimum Gasteiger partial charge on any atom is -0.389 e. The zero-order chi connectivity index (χ0) is 13.8. The molecule has 3 nitrogen and oxygen atoms in total. The van der Waals surface area contributed by atoms with Crippen molar-refractivity contribution in [3.63, 3.8) is 0 Å².